The lowest BCUT2D eigenvalue weighted by molar-refractivity contribution is 0.555. The number of halogens is 1. The molecule has 0 radical (unpaired) electrons. The van der Waals surface area contributed by atoms with Gasteiger partial charge in [0.25, 0.3) is 0 Å². The van der Waals surface area contributed by atoms with Crippen LogP contribution < -0.4 is 11.1 Å². The van der Waals surface area contributed by atoms with Gasteiger partial charge >= 0.3 is 0 Å². The highest BCUT2D eigenvalue weighted by molar-refractivity contribution is 7.99. The summed E-state index contributed by atoms with van der Waals surface area (Å²) in [6, 6.07) is 2.50. The van der Waals surface area contributed by atoms with E-state index in [-0.39, 0.29) is 12.4 Å². The molecule has 0 aliphatic rings. The van der Waals surface area contributed by atoms with Crippen molar-refractivity contribution < 1.29 is 0 Å². The number of nitrogens with two attached hydrogens (primary N) is 1. The number of nitrogen functional groups attached to an aromatic ring is 1. The minimum atomic E-state index is 0. The van der Waals surface area contributed by atoms with E-state index in [1.807, 2.05) is 6.07 Å². The summed E-state index contributed by atoms with van der Waals surface area (Å²) in [6.45, 7) is 5.47. The second-order valence-corrected chi connectivity index (χ2v) is 5.39. The van der Waals surface area contributed by atoms with Crippen LogP contribution in [0, 0.1) is 0 Å². The average molecular weight is 291 g/mol. The normalized spacial score (nSPS) is 10.4. The summed E-state index contributed by atoms with van der Waals surface area (Å²) in [4.78, 5) is 8.02. The van der Waals surface area contributed by atoms with Crippen LogP contribution in [0.2, 0.25) is 0 Å². The quantitative estimate of drug-likeness (QED) is 0.438. The van der Waals surface area contributed by atoms with Gasteiger partial charge in [-0.15, -0.1) is 24.2 Å². The number of hydrogen-bond acceptors (Lipinski definition) is 5. The molecule has 0 aliphatic carbocycles. The predicted molar refractivity (Wildman–Crippen MR) is 81.4 cm³/mol. The van der Waals surface area contributed by atoms with E-state index in [4.69, 9.17) is 5.73 Å². The molecule has 0 atom stereocenters. The van der Waals surface area contributed by atoms with Crippen molar-refractivity contribution in [2.75, 3.05) is 18.0 Å². The Balaban J connectivity index is 0.00000289. The smallest absolute Gasteiger partial charge is 0.221 e. The Labute approximate surface area is 120 Å². The van der Waals surface area contributed by atoms with Gasteiger partial charge in [0.1, 0.15) is 5.03 Å². The zero-order valence-corrected chi connectivity index (χ0v) is 12.7. The molecule has 0 bridgehead atoms. The van der Waals surface area contributed by atoms with Crippen molar-refractivity contribution in [3.05, 3.63) is 12.3 Å². The Bertz CT molecular complexity index is 323. The monoisotopic (exact) mass is 290 g/mol. The van der Waals surface area contributed by atoms with Gasteiger partial charge in [0.05, 0.1) is 0 Å². The standard InChI is InChI=1S/C12H22N4S.ClH/c1-10(2)14-7-4-3-5-9-17-11-6-8-15-12(13)16-11;/h6,8,10,14H,3-5,7,9H2,1-2H3,(H2,13,15,16);1H. The SMILES string of the molecule is CC(C)NCCCCCSc1ccnc(N)n1.Cl. The van der Waals surface area contributed by atoms with Crippen molar-refractivity contribution in [1.29, 1.82) is 0 Å². The summed E-state index contributed by atoms with van der Waals surface area (Å²) in [5.74, 6) is 1.45. The van der Waals surface area contributed by atoms with Gasteiger partial charge in [-0.3, -0.25) is 0 Å². The van der Waals surface area contributed by atoms with Gasteiger partial charge in [-0.25, -0.2) is 9.97 Å². The van der Waals surface area contributed by atoms with E-state index < -0.39 is 0 Å². The molecule has 6 heteroatoms. The molecule has 18 heavy (non-hydrogen) atoms. The van der Waals surface area contributed by atoms with Gasteiger partial charge in [-0.1, -0.05) is 20.3 Å². The maximum atomic E-state index is 5.51. The Kier molecular flexibility index (Phi) is 10.1. The number of anilines is 1. The van der Waals surface area contributed by atoms with Gasteiger partial charge in [0.2, 0.25) is 5.95 Å². The molecular formula is C12H23ClN4S. The van der Waals surface area contributed by atoms with Crippen LogP contribution in [0.3, 0.4) is 0 Å². The molecule has 1 rings (SSSR count). The van der Waals surface area contributed by atoms with Crippen LogP contribution in [-0.2, 0) is 0 Å². The maximum Gasteiger partial charge on any atom is 0.221 e. The zero-order chi connectivity index (χ0) is 12.5. The van der Waals surface area contributed by atoms with Gasteiger partial charge in [0.15, 0.2) is 0 Å². The van der Waals surface area contributed by atoms with Crippen molar-refractivity contribution in [1.82, 2.24) is 15.3 Å². The van der Waals surface area contributed by atoms with E-state index in [2.05, 4.69) is 29.1 Å². The molecule has 104 valence electrons. The van der Waals surface area contributed by atoms with Crippen LogP contribution in [0.25, 0.3) is 0 Å². The summed E-state index contributed by atoms with van der Waals surface area (Å²) in [5, 5.41) is 4.39. The first-order valence-corrected chi connectivity index (χ1v) is 7.12. The number of nitrogens with one attached hydrogen (secondary N) is 1. The van der Waals surface area contributed by atoms with Gasteiger partial charge in [0, 0.05) is 12.2 Å². The Hall–Kier alpha value is -0.520. The fourth-order valence-electron chi connectivity index (χ4n) is 1.41. The number of nitrogens with zero attached hydrogens (tertiary/aromatic N) is 2. The minimum Gasteiger partial charge on any atom is -0.368 e. The van der Waals surface area contributed by atoms with Gasteiger partial charge in [-0.2, -0.15) is 0 Å². The molecule has 1 aromatic heterocycles. The molecule has 0 fully saturated rings. The van der Waals surface area contributed by atoms with E-state index in [0.717, 1.165) is 17.3 Å². The summed E-state index contributed by atoms with van der Waals surface area (Å²) in [7, 11) is 0. The van der Waals surface area contributed by atoms with E-state index >= 15 is 0 Å². The second-order valence-electron chi connectivity index (χ2n) is 4.27. The van der Waals surface area contributed by atoms with E-state index in [9.17, 15) is 0 Å². The van der Waals surface area contributed by atoms with Crippen LogP contribution in [-0.4, -0.2) is 28.3 Å². The molecule has 1 heterocycles. The van der Waals surface area contributed by atoms with Crippen LogP contribution in [0.1, 0.15) is 33.1 Å². The van der Waals surface area contributed by atoms with E-state index in [1.165, 1.54) is 19.3 Å². The third kappa shape index (κ3) is 8.55. The second kappa shape index (κ2) is 10.4. The molecule has 0 saturated carbocycles. The molecule has 4 nitrogen and oxygen atoms in total. The minimum absolute atomic E-state index is 0. The summed E-state index contributed by atoms with van der Waals surface area (Å²) in [6.07, 6.45) is 5.42. The molecule has 3 N–H and O–H groups in total. The molecule has 0 spiro atoms. The van der Waals surface area contributed by atoms with Crippen molar-refractivity contribution in [3.63, 3.8) is 0 Å². The van der Waals surface area contributed by atoms with Crippen LogP contribution >= 0.6 is 24.2 Å². The van der Waals surface area contributed by atoms with E-state index in [1.54, 1.807) is 18.0 Å². The molecule has 0 aliphatic heterocycles. The average Bonchev–Trinajstić information content (AvgIpc) is 2.27. The molecular weight excluding hydrogens is 268 g/mol. The predicted octanol–water partition coefficient (Wildman–Crippen LogP) is 2.74. The first kappa shape index (κ1) is 17.5. The Morgan fingerprint density at radius 3 is 2.78 bits per heavy atom. The largest absolute Gasteiger partial charge is 0.368 e. The molecule has 0 amide bonds. The van der Waals surface area contributed by atoms with Crippen molar-refractivity contribution in [3.8, 4) is 0 Å². The zero-order valence-electron chi connectivity index (χ0n) is 11.1. The molecule has 0 aromatic carbocycles. The van der Waals surface area contributed by atoms with Crippen LogP contribution in [0.15, 0.2) is 17.3 Å². The lowest BCUT2D eigenvalue weighted by atomic mass is 10.2. The first-order chi connectivity index (χ1) is 8.18. The fourth-order valence-corrected chi connectivity index (χ4v) is 2.28. The number of aromatic nitrogens is 2. The summed E-state index contributed by atoms with van der Waals surface area (Å²) >= 11 is 1.75. The number of rotatable bonds is 8. The van der Waals surface area contributed by atoms with Crippen molar-refractivity contribution in [2.45, 2.75) is 44.2 Å². The lowest BCUT2D eigenvalue weighted by Crippen LogP contribution is -2.23. The molecule has 0 saturated heterocycles. The number of thioether (sulfide) groups is 1. The molecule has 0 unspecified atom stereocenters. The Morgan fingerprint density at radius 1 is 1.33 bits per heavy atom. The van der Waals surface area contributed by atoms with Gasteiger partial charge < -0.3 is 11.1 Å². The highest BCUT2D eigenvalue weighted by atomic mass is 35.5. The van der Waals surface area contributed by atoms with E-state index in [0.29, 0.717) is 12.0 Å². The third-order valence-corrected chi connectivity index (χ3v) is 3.29. The van der Waals surface area contributed by atoms with Crippen molar-refractivity contribution >= 4 is 30.1 Å². The highest BCUT2D eigenvalue weighted by Crippen LogP contribution is 2.16. The van der Waals surface area contributed by atoms with Crippen LogP contribution in [0.5, 0.6) is 0 Å². The van der Waals surface area contributed by atoms with Gasteiger partial charge in [-0.05, 0) is 31.2 Å². The summed E-state index contributed by atoms with van der Waals surface area (Å²) < 4.78 is 0. The molecule has 1 aromatic rings. The van der Waals surface area contributed by atoms with Crippen molar-refractivity contribution in [2.24, 2.45) is 0 Å². The topological polar surface area (TPSA) is 63.8 Å². The Morgan fingerprint density at radius 2 is 2.11 bits per heavy atom. The third-order valence-electron chi connectivity index (χ3n) is 2.27. The highest BCUT2D eigenvalue weighted by Gasteiger charge is 1.97. The lowest BCUT2D eigenvalue weighted by Gasteiger charge is -2.07. The van der Waals surface area contributed by atoms with Crippen LogP contribution in [0.4, 0.5) is 5.95 Å². The fraction of sp³-hybridized carbons (Fsp3) is 0.667. The summed E-state index contributed by atoms with van der Waals surface area (Å²) in [5.41, 5.74) is 5.51. The number of hydrogen-bond donors (Lipinski definition) is 2. The first-order valence-electron chi connectivity index (χ1n) is 6.13. The number of unbranched alkanes of at least 4 members (excludes halogenated alkanes) is 2. The maximum absolute atomic E-state index is 5.51.